The molecule has 3 heteroatoms. The molecule has 1 aliphatic heterocycles. The van der Waals surface area contributed by atoms with Gasteiger partial charge in [0.05, 0.1) is 19.3 Å². The molecule has 2 rings (SSSR count). The Labute approximate surface area is 71.5 Å². The van der Waals surface area contributed by atoms with Gasteiger partial charge in [0.15, 0.2) is 0 Å². The van der Waals surface area contributed by atoms with E-state index in [9.17, 15) is 0 Å². The first-order chi connectivity index (χ1) is 5.92. The van der Waals surface area contributed by atoms with Gasteiger partial charge in [0.25, 0.3) is 0 Å². The van der Waals surface area contributed by atoms with Crippen LogP contribution < -0.4 is 11.3 Å². The Bertz CT molecular complexity index is 275. The maximum absolute atomic E-state index is 5.39. The number of fused-ring (bicyclic) bond motifs is 1. The molecule has 3 N–H and O–H groups in total. The van der Waals surface area contributed by atoms with Gasteiger partial charge in [-0.15, -0.1) is 0 Å². The van der Waals surface area contributed by atoms with Gasteiger partial charge in [-0.05, 0) is 11.1 Å². The Hall–Kier alpha value is -0.900. The normalized spacial score (nSPS) is 21.9. The highest BCUT2D eigenvalue weighted by Crippen LogP contribution is 2.23. The molecule has 1 aliphatic rings. The van der Waals surface area contributed by atoms with Crippen molar-refractivity contribution in [1.29, 1.82) is 0 Å². The van der Waals surface area contributed by atoms with Gasteiger partial charge in [0, 0.05) is 0 Å². The smallest absolute Gasteiger partial charge is 0.0721 e. The van der Waals surface area contributed by atoms with Crippen LogP contribution in [-0.2, 0) is 11.3 Å². The van der Waals surface area contributed by atoms with E-state index in [0.717, 1.165) is 0 Å². The van der Waals surface area contributed by atoms with Crippen molar-refractivity contribution in [2.75, 3.05) is 6.61 Å². The zero-order valence-corrected chi connectivity index (χ0v) is 6.79. The van der Waals surface area contributed by atoms with E-state index in [2.05, 4.69) is 17.6 Å². The second kappa shape index (κ2) is 3.23. The zero-order chi connectivity index (χ0) is 8.39. The van der Waals surface area contributed by atoms with E-state index in [1.807, 2.05) is 12.1 Å². The van der Waals surface area contributed by atoms with Crippen molar-refractivity contribution >= 4 is 0 Å². The zero-order valence-electron chi connectivity index (χ0n) is 6.79. The number of benzene rings is 1. The Morgan fingerprint density at radius 3 is 3.08 bits per heavy atom. The second-order valence-corrected chi connectivity index (χ2v) is 2.93. The number of nitrogens with one attached hydrogen (secondary N) is 1. The van der Waals surface area contributed by atoms with Gasteiger partial charge in [0.1, 0.15) is 0 Å². The van der Waals surface area contributed by atoms with Gasteiger partial charge in [0.2, 0.25) is 0 Å². The third-order valence-corrected chi connectivity index (χ3v) is 2.17. The lowest BCUT2D eigenvalue weighted by Crippen LogP contribution is -2.34. The molecule has 1 unspecified atom stereocenters. The topological polar surface area (TPSA) is 47.3 Å². The number of hydrazine groups is 1. The van der Waals surface area contributed by atoms with Crippen LogP contribution in [0, 0.1) is 0 Å². The van der Waals surface area contributed by atoms with Crippen LogP contribution in [0.2, 0.25) is 0 Å². The fourth-order valence-electron chi connectivity index (χ4n) is 1.52. The molecule has 0 amide bonds. The van der Waals surface area contributed by atoms with Crippen LogP contribution in [0.5, 0.6) is 0 Å². The molecule has 64 valence electrons. The molecule has 1 aromatic rings. The maximum Gasteiger partial charge on any atom is 0.0721 e. The van der Waals surface area contributed by atoms with Crippen molar-refractivity contribution in [3.63, 3.8) is 0 Å². The molecule has 1 atom stereocenters. The minimum Gasteiger partial charge on any atom is -0.375 e. The quantitative estimate of drug-likeness (QED) is 0.475. The van der Waals surface area contributed by atoms with Crippen molar-refractivity contribution in [2.45, 2.75) is 12.6 Å². The molecule has 0 saturated carbocycles. The molecular weight excluding hydrogens is 152 g/mol. The molecule has 0 fully saturated rings. The lowest BCUT2D eigenvalue weighted by Gasteiger charge is -2.24. The second-order valence-electron chi connectivity index (χ2n) is 2.93. The van der Waals surface area contributed by atoms with Gasteiger partial charge in [-0.25, -0.2) is 0 Å². The van der Waals surface area contributed by atoms with Crippen molar-refractivity contribution in [1.82, 2.24) is 5.43 Å². The number of ether oxygens (including phenoxy) is 1. The lowest BCUT2D eigenvalue weighted by atomic mass is 10.00. The summed E-state index contributed by atoms with van der Waals surface area (Å²) in [5, 5.41) is 0. The fourth-order valence-corrected chi connectivity index (χ4v) is 1.52. The molecule has 0 spiro atoms. The lowest BCUT2D eigenvalue weighted by molar-refractivity contribution is 0.0823. The highest BCUT2D eigenvalue weighted by Gasteiger charge is 2.18. The monoisotopic (exact) mass is 164 g/mol. The van der Waals surface area contributed by atoms with Crippen molar-refractivity contribution < 1.29 is 4.74 Å². The Morgan fingerprint density at radius 1 is 1.42 bits per heavy atom. The van der Waals surface area contributed by atoms with Crippen LogP contribution in [0.25, 0.3) is 0 Å². The molecule has 0 radical (unpaired) electrons. The van der Waals surface area contributed by atoms with Gasteiger partial charge >= 0.3 is 0 Å². The first kappa shape index (κ1) is 7.73. The van der Waals surface area contributed by atoms with E-state index in [1.165, 1.54) is 11.1 Å². The fraction of sp³-hybridized carbons (Fsp3) is 0.333. The van der Waals surface area contributed by atoms with Crippen molar-refractivity contribution in [3.05, 3.63) is 35.4 Å². The van der Waals surface area contributed by atoms with Crippen molar-refractivity contribution in [2.24, 2.45) is 5.84 Å². The standard InChI is InChI=1S/C9H12N2O/c10-11-9-6-12-5-7-3-1-2-4-8(7)9/h1-4,9,11H,5-6,10H2. The molecule has 12 heavy (non-hydrogen) atoms. The Kier molecular flexibility index (Phi) is 2.08. The summed E-state index contributed by atoms with van der Waals surface area (Å²) in [6.45, 7) is 1.36. The van der Waals surface area contributed by atoms with Gasteiger partial charge in [-0.3, -0.25) is 11.3 Å². The first-order valence-electron chi connectivity index (χ1n) is 4.03. The molecule has 1 heterocycles. The number of rotatable bonds is 1. The van der Waals surface area contributed by atoms with E-state index in [1.54, 1.807) is 0 Å². The number of hydrogen-bond donors (Lipinski definition) is 2. The summed E-state index contributed by atoms with van der Waals surface area (Å²) < 4.78 is 5.36. The van der Waals surface area contributed by atoms with Crippen LogP contribution in [0.15, 0.2) is 24.3 Å². The van der Waals surface area contributed by atoms with Crippen LogP contribution in [0.3, 0.4) is 0 Å². The van der Waals surface area contributed by atoms with Crippen LogP contribution in [-0.4, -0.2) is 6.61 Å². The average molecular weight is 164 g/mol. The van der Waals surface area contributed by atoms with Crippen LogP contribution in [0.4, 0.5) is 0 Å². The molecule has 0 aromatic heterocycles. The summed E-state index contributed by atoms with van der Waals surface area (Å²) in [5.41, 5.74) is 5.22. The van der Waals surface area contributed by atoms with E-state index >= 15 is 0 Å². The largest absolute Gasteiger partial charge is 0.375 e. The summed E-state index contributed by atoms with van der Waals surface area (Å²) in [5.74, 6) is 5.39. The number of nitrogens with two attached hydrogens (primary N) is 1. The summed E-state index contributed by atoms with van der Waals surface area (Å²) in [7, 11) is 0. The average Bonchev–Trinajstić information content (AvgIpc) is 2.17. The highest BCUT2D eigenvalue weighted by atomic mass is 16.5. The molecule has 1 aromatic carbocycles. The van der Waals surface area contributed by atoms with Gasteiger partial charge < -0.3 is 4.74 Å². The van der Waals surface area contributed by atoms with Gasteiger partial charge in [-0.1, -0.05) is 24.3 Å². The first-order valence-corrected chi connectivity index (χ1v) is 4.03. The predicted molar refractivity (Wildman–Crippen MR) is 46.2 cm³/mol. The van der Waals surface area contributed by atoms with E-state index in [0.29, 0.717) is 13.2 Å². The van der Waals surface area contributed by atoms with E-state index in [4.69, 9.17) is 10.6 Å². The van der Waals surface area contributed by atoms with Crippen LogP contribution in [0.1, 0.15) is 17.2 Å². The van der Waals surface area contributed by atoms with Gasteiger partial charge in [-0.2, -0.15) is 0 Å². The summed E-state index contributed by atoms with van der Waals surface area (Å²) in [6.07, 6.45) is 0. The maximum atomic E-state index is 5.39. The number of hydrogen-bond acceptors (Lipinski definition) is 3. The summed E-state index contributed by atoms with van der Waals surface area (Å²) in [6, 6.07) is 8.34. The summed E-state index contributed by atoms with van der Waals surface area (Å²) >= 11 is 0. The Morgan fingerprint density at radius 2 is 2.25 bits per heavy atom. The van der Waals surface area contributed by atoms with E-state index < -0.39 is 0 Å². The molecule has 0 saturated heterocycles. The third-order valence-electron chi connectivity index (χ3n) is 2.17. The van der Waals surface area contributed by atoms with E-state index in [-0.39, 0.29) is 6.04 Å². The molecule has 0 aliphatic carbocycles. The third kappa shape index (κ3) is 1.22. The minimum atomic E-state index is 0.148. The molecular formula is C9H12N2O. The SMILES string of the molecule is NNC1COCc2ccccc21. The molecule has 3 nitrogen and oxygen atoms in total. The summed E-state index contributed by atoms with van der Waals surface area (Å²) in [4.78, 5) is 0. The molecule has 0 bridgehead atoms. The highest BCUT2D eigenvalue weighted by molar-refractivity contribution is 5.30. The Balaban J connectivity index is 2.37. The minimum absolute atomic E-state index is 0.148. The van der Waals surface area contributed by atoms with Crippen molar-refractivity contribution in [3.8, 4) is 0 Å². The van der Waals surface area contributed by atoms with Crippen LogP contribution >= 0.6 is 0 Å². The predicted octanol–water partition coefficient (Wildman–Crippen LogP) is 0.721.